The lowest BCUT2D eigenvalue weighted by Crippen LogP contribution is -2.23. The van der Waals surface area contributed by atoms with Gasteiger partial charge in [-0.15, -0.1) is 0 Å². The summed E-state index contributed by atoms with van der Waals surface area (Å²) in [5.74, 6) is -1.49. The van der Waals surface area contributed by atoms with Gasteiger partial charge < -0.3 is 9.47 Å². The van der Waals surface area contributed by atoms with E-state index < -0.39 is 11.9 Å². The number of amides is 1. The molecule has 1 aromatic carbocycles. The summed E-state index contributed by atoms with van der Waals surface area (Å²) in [6.45, 7) is 6.17. The Morgan fingerprint density at radius 1 is 1.22 bits per heavy atom. The van der Waals surface area contributed by atoms with Crippen LogP contribution in [0.1, 0.15) is 40.0 Å². The van der Waals surface area contributed by atoms with Crippen LogP contribution in [0.25, 0.3) is 5.69 Å². The fourth-order valence-electron chi connectivity index (χ4n) is 2.13. The zero-order chi connectivity index (χ0) is 19.6. The molecule has 1 aromatic heterocycles. The van der Waals surface area contributed by atoms with Crippen LogP contribution in [0, 0.1) is 0 Å². The maximum atomic E-state index is 12.0. The van der Waals surface area contributed by atoms with Crippen LogP contribution in [-0.2, 0) is 14.3 Å². The number of carbonyl (C=O) groups excluding carboxylic acids is 2. The zero-order valence-electron chi connectivity index (χ0n) is 15.9. The van der Waals surface area contributed by atoms with E-state index in [0.29, 0.717) is 18.9 Å². The third-order valence-corrected chi connectivity index (χ3v) is 3.82. The van der Waals surface area contributed by atoms with Crippen LogP contribution < -0.4 is 10.1 Å². The molecule has 0 spiro atoms. The molecule has 0 saturated carbocycles. The Kier molecular flexibility index (Phi) is 7.73. The summed E-state index contributed by atoms with van der Waals surface area (Å²) in [6, 6.07) is 11.1. The van der Waals surface area contributed by atoms with Gasteiger partial charge in [-0.05, 0) is 31.9 Å². The normalized spacial score (nSPS) is 12.5. The Morgan fingerprint density at radius 2 is 1.96 bits per heavy atom. The number of carbonyl (C=O) groups is 2. The molecular formula is C20H25N3O4. The number of benzene rings is 1. The monoisotopic (exact) mass is 371 g/mol. The fraction of sp³-hybridized carbons (Fsp3) is 0.400. The van der Waals surface area contributed by atoms with E-state index in [0.717, 1.165) is 18.5 Å². The number of hydrogen-bond acceptors (Lipinski definition) is 5. The first-order valence-electron chi connectivity index (χ1n) is 9.12. The van der Waals surface area contributed by atoms with Crippen LogP contribution in [0.5, 0.6) is 5.88 Å². The minimum absolute atomic E-state index is 0.236. The largest absolute Gasteiger partial charge is 0.478 e. The summed E-state index contributed by atoms with van der Waals surface area (Å²) >= 11 is 0. The molecule has 0 bridgehead atoms. The third-order valence-electron chi connectivity index (χ3n) is 3.82. The SMILES string of the molecule is CCCCOc1cc(=NC(=O)C(=O)OC(C)CC)cnn1-c1ccccc1. The molecule has 1 atom stereocenters. The molecule has 0 saturated heterocycles. The number of hydrogen-bond donors (Lipinski definition) is 0. The van der Waals surface area contributed by atoms with Crippen molar-refractivity contribution in [3.63, 3.8) is 0 Å². The van der Waals surface area contributed by atoms with Gasteiger partial charge in [0.25, 0.3) is 0 Å². The average molecular weight is 371 g/mol. The molecule has 7 nitrogen and oxygen atoms in total. The maximum absolute atomic E-state index is 12.0. The summed E-state index contributed by atoms with van der Waals surface area (Å²) in [5.41, 5.74) is 0.818. The summed E-state index contributed by atoms with van der Waals surface area (Å²) in [4.78, 5) is 27.6. The van der Waals surface area contributed by atoms with Crippen molar-refractivity contribution in [3.8, 4) is 11.6 Å². The van der Waals surface area contributed by atoms with Gasteiger partial charge in [0.2, 0.25) is 5.88 Å². The highest BCUT2D eigenvalue weighted by molar-refractivity contribution is 6.32. The van der Waals surface area contributed by atoms with E-state index in [2.05, 4.69) is 17.0 Å². The number of ether oxygens (including phenoxy) is 2. The van der Waals surface area contributed by atoms with Gasteiger partial charge in [-0.25, -0.2) is 14.5 Å². The van der Waals surface area contributed by atoms with Crippen molar-refractivity contribution >= 4 is 11.9 Å². The van der Waals surface area contributed by atoms with Gasteiger partial charge in [0.1, 0.15) is 0 Å². The first-order chi connectivity index (χ1) is 13.0. The molecule has 0 aliphatic carbocycles. The highest BCUT2D eigenvalue weighted by atomic mass is 16.5. The van der Waals surface area contributed by atoms with Gasteiger partial charge in [-0.1, -0.05) is 38.5 Å². The predicted octanol–water partition coefficient (Wildman–Crippen LogP) is 2.82. The third kappa shape index (κ3) is 6.06. The van der Waals surface area contributed by atoms with Gasteiger partial charge in [-0.2, -0.15) is 5.10 Å². The lowest BCUT2D eigenvalue weighted by molar-refractivity contribution is -0.157. The molecular weight excluding hydrogens is 346 g/mol. The topological polar surface area (TPSA) is 82.8 Å². The quantitative estimate of drug-likeness (QED) is 0.425. The van der Waals surface area contributed by atoms with Gasteiger partial charge >= 0.3 is 11.9 Å². The number of unbranched alkanes of at least 4 members (excludes halogenated alkanes) is 1. The first kappa shape index (κ1) is 20.4. The van der Waals surface area contributed by atoms with Crippen LogP contribution in [0.2, 0.25) is 0 Å². The van der Waals surface area contributed by atoms with E-state index in [1.807, 2.05) is 37.3 Å². The lowest BCUT2D eigenvalue weighted by atomic mass is 10.3. The number of aromatic nitrogens is 2. The number of nitrogens with zero attached hydrogens (tertiary/aromatic N) is 3. The molecule has 2 rings (SSSR count). The van der Waals surface area contributed by atoms with Crippen molar-refractivity contribution in [2.45, 2.75) is 46.1 Å². The summed E-state index contributed by atoms with van der Waals surface area (Å²) in [7, 11) is 0. The van der Waals surface area contributed by atoms with Crippen LogP contribution in [0.15, 0.2) is 47.6 Å². The molecule has 1 heterocycles. The van der Waals surface area contributed by atoms with E-state index in [9.17, 15) is 9.59 Å². The number of esters is 1. The van der Waals surface area contributed by atoms with Crippen LogP contribution in [0.4, 0.5) is 0 Å². The van der Waals surface area contributed by atoms with E-state index in [1.165, 1.54) is 6.20 Å². The molecule has 0 fully saturated rings. The second kappa shape index (κ2) is 10.3. The van der Waals surface area contributed by atoms with Gasteiger partial charge in [0.15, 0.2) is 0 Å². The number of para-hydroxylation sites is 1. The van der Waals surface area contributed by atoms with Gasteiger partial charge in [0.05, 0.1) is 30.0 Å². The van der Waals surface area contributed by atoms with Crippen LogP contribution >= 0.6 is 0 Å². The van der Waals surface area contributed by atoms with Crippen molar-refractivity contribution in [1.82, 2.24) is 9.78 Å². The second-order valence-corrected chi connectivity index (χ2v) is 6.04. The zero-order valence-corrected chi connectivity index (χ0v) is 15.9. The Morgan fingerprint density at radius 3 is 2.63 bits per heavy atom. The predicted molar refractivity (Wildman–Crippen MR) is 100 cm³/mol. The molecule has 1 unspecified atom stereocenters. The maximum Gasteiger partial charge on any atom is 0.399 e. The Hall–Kier alpha value is -2.96. The van der Waals surface area contributed by atoms with Gasteiger partial charge in [-0.3, -0.25) is 4.79 Å². The van der Waals surface area contributed by atoms with Crippen LogP contribution in [0.3, 0.4) is 0 Å². The summed E-state index contributed by atoms with van der Waals surface area (Å²) < 4.78 is 12.4. The number of rotatable bonds is 7. The minimum Gasteiger partial charge on any atom is -0.478 e. The smallest absolute Gasteiger partial charge is 0.399 e. The van der Waals surface area contributed by atoms with E-state index >= 15 is 0 Å². The molecule has 1 amide bonds. The van der Waals surface area contributed by atoms with E-state index in [4.69, 9.17) is 9.47 Å². The molecule has 0 aliphatic heterocycles. The summed E-state index contributed by atoms with van der Waals surface area (Å²) in [6.07, 6.45) is 3.57. The van der Waals surface area contributed by atoms with Crippen molar-refractivity contribution in [1.29, 1.82) is 0 Å². The standard InChI is InChI=1S/C20H25N3O4/c1-4-6-12-26-18-13-16(22-19(24)20(25)27-15(3)5-2)14-21-23(18)17-10-8-7-9-11-17/h7-11,13-15H,4-6,12H2,1-3H3. The lowest BCUT2D eigenvalue weighted by Gasteiger charge is -2.13. The van der Waals surface area contributed by atoms with E-state index in [1.54, 1.807) is 17.7 Å². The molecule has 27 heavy (non-hydrogen) atoms. The van der Waals surface area contributed by atoms with Crippen molar-refractivity contribution in [2.75, 3.05) is 6.61 Å². The molecule has 7 heteroatoms. The molecule has 0 N–H and O–H groups in total. The molecule has 0 radical (unpaired) electrons. The Bertz CT molecular complexity index is 831. The average Bonchev–Trinajstić information content (AvgIpc) is 2.69. The minimum atomic E-state index is -0.974. The molecule has 0 aliphatic rings. The van der Waals surface area contributed by atoms with Crippen molar-refractivity contribution < 1.29 is 19.1 Å². The first-order valence-corrected chi connectivity index (χ1v) is 9.12. The molecule has 2 aromatic rings. The van der Waals surface area contributed by atoms with Gasteiger partial charge in [0, 0.05) is 6.07 Å². The van der Waals surface area contributed by atoms with E-state index in [-0.39, 0.29) is 11.5 Å². The highest BCUT2D eigenvalue weighted by Crippen LogP contribution is 2.14. The molecule has 144 valence electrons. The Labute approximate surface area is 158 Å². The highest BCUT2D eigenvalue weighted by Gasteiger charge is 2.17. The summed E-state index contributed by atoms with van der Waals surface area (Å²) in [5, 5.41) is 4.55. The van der Waals surface area contributed by atoms with Crippen molar-refractivity contribution in [3.05, 3.63) is 48.0 Å². The second-order valence-electron chi connectivity index (χ2n) is 6.04. The Balaban J connectivity index is 2.31. The fourth-order valence-corrected chi connectivity index (χ4v) is 2.13. The van der Waals surface area contributed by atoms with Crippen molar-refractivity contribution in [2.24, 2.45) is 4.99 Å². The van der Waals surface area contributed by atoms with Crippen LogP contribution in [-0.4, -0.2) is 34.4 Å².